The maximum Gasteiger partial charge on any atom is 0.141 e. The molecule has 80 valence electrons. The highest BCUT2D eigenvalue weighted by Gasteiger charge is 2.08. The van der Waals surface area contributed by atoms with E-state index in [0.717, 1.165) is 12.1 Å². The van der Waals surface area contributed by atoms with Gasteiger partial charge >= 0.3 is 0 Å². The Morgan fingerprint density at radius 1 is 1.53 bits per heavy atom. The number of rotatable bonds is 4. The summed E-state index contributed by atoms with van der Waals surface area (Å²) in [6, 6.07) is 3.28. The monoisotopic (exact) mass is 206 g/mol. The van der Waals surface area contributed by atoms with Crippen molar-refractivity contribution in [2.24, 2.45) is 0 Å². The summed E-state index contributed by atoms with van der Waals surface area (Å²) < 4.78 is 12.7. The first-order chi connectivity index (χ1) is 7.27. The first-order valence-electron chi connectivity index (χ1n) is 5.02. The van der Waals surface area contributed by atoms with Gasteiger partial charge in [-0.3, -0.25) is 10.3 Å². The maximum absolute atomic E-state index is 12.7. The molecule has 1 unspecified atom stereocenters. The molecule has 1 aromatic heterocycles. The van der Waals surface area contributed by atoms with Crippen molar-refractivity contribution in [2.45, 2.75) is 26.3 Å². The number of hydrogen-bond acceptors (Lipinski definition) is 2. The number of nitrogens with zero attached hydrogens (tertiary/aromatic N) is 1. The molecule has 0 radical (unpaired) electrons. The molecular formula is C12H15FN2. The number of hydrogen-bond donors (Lipinski definition) is 1. The lowest BCUT2D eigenvalue weighted by molar-refractivity contribution is 0.536. The smallest absolute Gasteiger partial charge is 0.141 e. The Morgan fingerprint density at radius 2 is 2.33 bits per heavy atom. The van der Waals surface area contributed by atoms with Crippen LogP contribution in [0.4, 0.5) is 4.39 Å². The van der Waals surface area contributed by atoms with E-state index in [1.807, 2.05) is 0 Å². The topological polar surface area (TPSA) is 24.9 Å². The third kappa shape index (κ3) is 3.69. The minimum atomic E-state index is -0.304. The standard InChI is InChI=1S/C12H15FN2/c1-3-5-8-14-11(4-2)12-7-6-10(13)9-15-12/h6-7,9,11,14H,4,8H2,1-2H3. The third-order valence-electron chi connectivity index (χ3n) is 2.13. The van der Waals surface area contributed by atoms with Crippen LogP contribution < -0.4 is 5.32 Å². The SMILES string of the molecule is CC#CCNC(CC)c1ccc(F)cn1. The van der Waals surface area contributed by atoms with Gasteiger partial charge in [0.2, 0.25) is 0 Å². The molecule has 0 fully saturated rings. The third-order valence-corrected chi connectivity index (χ3v) is 2.13. The minimum absolute atomic E-state index is 0.145. The van der Waals surface area contributed by atoms with E-state index >= 15 is 0 Å². The lowest BCUT2D eigenvalue weighted by atomic mass is 10.1. The van der Waals surface area contributed by atoms with Crippen molar-refractivity contribution in [3.63, 3.8) is 0 Å². The van der Waals surface area contributed by atoms with Gasteiger partial charge in [-0.15, -0.1) is 5.92 Å². The van der Waals surface area contributed by atoms with Gasteiger partial charge in [-0.25, -0.2) is 4.39 Å². The van der Waals surface area contributed by atoms with Gasteiger partial charge in [0.25, 0.3) is 0 Å². The minimum Gasteiger partial charge on any atom is -0.298 e. The summed E-state index contributed by atoms with van der Waals surface area (Å²) in [6.45, 7) is 4.49. The highest BCUT2D eigenvalue weighted by atomic mass is 19.1. The van der Waals surface area contributed by atoms with Crippen molar-refractivity contribution in [3.8, 4) is 11.8 Å². The van der Waals surface area contributed by atoms with Crippen molar-refractivity contribution in [2.75, 3.05) is 6.54 Å². The van der Waals surface area contributed by atoms with Crippen LogP contribution in [0.2, 0.25) is 0 Å². The Kier molecular flexibility index (Phi) is 4.79. The predicted molar refractivity (Wildman–Crippen MR) is 58.7 cm³/mol. The number of nitrogens with one attached hydrogen (secondary N) is 1. The average Bonchev–Trinajstić information content (AvgIpc) is 2.26. The fourth-order valence-electron chi connectivity index (χ4n) is 1.31. The van der Waals surface area contributed by atoms with Gasteiger partial charge in [0.1, 0.15) is 5.82 Å². The molecule has 1 N–H and O–H groups in total. The zero-order valence-electron chi connectivity index (χ0n) is 9.05. The van der Waals surface area contributed by atoms with Crippen LogP contribution in [0.25, 0.3) is 0 Å². The van der Waals surface area contributed by atoms with Crippen LogP contribution in [0.1, 0.15) is 32.0 Å². The van der Waals surface area contributed by atoms with Crippen LogP contribution in [0, 0.1) is 17.7 Å². The molecule has 0 spiro atoms. The van der Waals surface area contributed by atoms with Gasteiger partial charge in [0.05, 0.1) is 18.4 Å². The summed E-state index contributed by atoms with van der Waals surface area (Å²) in [6.07, 6.45) is 2.15. The fraction of sp³-hybridized carbons (Fsp3) is 0.417. The Morgan fingerprint density at radius 3 is 2.87 bits per heavy atom. The number of halogens is 1. The maximum atomic E-state index is 12.7. The van der Waals surface area contributed by atoms with Gasteiger partial charge in [-0.1, -0.05) is 12.8 Å². The largest absolute Gasteiger partial charge is 0.298 e. The Labute approximate surface area is 89.9 Å². The van der Waals surface area contributed by atoms with E-state index in [-0.39, 0.29) is 11.9 Å². The van der Waals surface area contributed by atoms with E-state index in [1.165, 1.54) is 12.3 Å². The second-order valence-corrected chi connectivity index (χ2v) is 3.17. The van der Waals surface area contributed by atoms with Gasteiger partial charge < -0.3 is 0 Å². The van der Waals surface area contributed by atoms with Crippen LogP contribution in [-0.2, 0) is 0 Å². The zero-order valence-corrected chi connectivity index (χ0v) is 9.05. The average molecular weight is 206 g/mol. The zero-order chi connectivity index (χ0) is 11.1. The van der Waals surface area contributed by atoms with Crippen LogP contribution in [0.5, 0.6) is 0 Å². The van der Waals surface area contributed by atoms with Crippen molar-refractivity contribution >= 4 is 0 Å². The lowest BCUT2D eigenvalue weighted by Crippen LogP contribution is -2.21. The van der Waals surface area contributed by atoms with E-state index < -0.39 is 0 Å². The molecule has 1 rings (SSSR count). The molecule has 1 aromatic rings. The second-order valence-electron chi connectivity index (χ2n) is 3.17. The fourth-order valence-corrected chi connectivity index (χ4v) is 1.31. The molecule has 15 heavy (non-hydrogen) atoms. The number of pyridine rings is 1. The lowest BCUT2D eigenvalue weighted by Gasteiger charge is -2.14. The summed E-state index contributed by atoms with van der Waals surface area (Å²) in [4.78, 5) is 4.04. The van der Waals surface area contributed by atoms with E-state index in [1.54, 1.807) is 13.0 Å². The molecule has 0 aliphatic heterocycles. The van der Waals surface area contributed by atoms with E-state index in [2.05, 4.69) is 29.1 Å². The molecular weight excluding hydrogens is 191 g/mol. The highest BCUT2D eigenvalue weighted by molar-refractivity contribution is 5.10. The summed E-state index contributed by atoms with van der Waals surface area (Å²) in [7, 11) is 0. The normalized spacial score (nSPS) is 11.7. The molecule has 0 aliphatic carbocycles. The highest BCUT2D eigenvalue weighted by Crippen LogP contribution is 2.13. The number of aromatic nitrogens is 1. The van der Waals surface area contributed by atoms with Gasteiger partial charge in [-0.05, 0) is 25.5 Å². The van der Waals surface area contributed by atoms with Gasteiger partial charge in [0.15, 0.2) is 0 Å². The first-order valence-corrected chi connectivity index (χ1v) is 5.02. The summed E-state index contributed by atoms with van der Waals surface area (Å²) in [5.41, 5.74) is 0.858. The Hall–Kier alpha value is -1.40. The van der Waals surface area contributed by atoms with Crippen molar-refractivity contribution < 1.29 is 4.39 Å². The van der Waals surface area contributed by atoms with E-state index in [0.29, 0.717) is 6.54 Å². The van der Waals surface area contributed by atoms with E-state index in [4.69, 9.17) is 0 Å². The molecule has 0 saturated carbocycles. The van der Waals surface area contributed by atoms with Crippen LogP contribution in [0.3, 0.4) is 0 Å². The summed E-state index contributed by atoms with van der Waals surface area (Å²) >= 11 is 0. The van der Waals surface area contributed by atoms with Crippen LogP contribution in [0.15, 0.2) is 18.3 Å². The molecule has 1 heterocycles. The Bertz CT molecular complexity index is 348. The summed E-state index contributed by atoms with van der Waals surface area (Å²) in [5.74, 6) is 5.44. The van der Waals surface area contributed by atoms with Crippen molar-refractivity contribution in [1.82, 2.24) is 10.3 Å². The first kappa shape index (κ1) is 11.7. The van der Waals surface area contributed by atoms with Crippen molar-refractivity contribution in [3.05, 3.63) is 29.8 Å². The molecule has 0 aromatic carbocycles. The van der Waals surface area contributed by atoms with Crippen LogP contribution >= 0.6 is 0 Å². The van der Waals surface area contributed by atoms with E-state index in [9.17, 15) is 4.39 Å². The molecule has 0 aliphatic rings. The quantitative estimate of drug-likeness (QED) is 0.764. The second kappa shape index (κ2) is 6.15. The Balaban J connectivity index is 2.64. The van der Waals surface area contributed by atoms with Crippen LogP contribution in [-0.4, -0.2) is 11.5 Å². The predicted octanol–water partition coefficient (Wildman–Crippen LogP) is 2.28. The molecule has 0 amide bonds. The summed E-state index contributed by atoms with van der Waals surface area (Å²) in [5, 5.41) is 3.25. The van der Waals surface area contributed by atoms with Crippen molar-refractivity contribution in [1.29, 1.82) is 0 Å². The molecule has 1 atom stereocenters. The molecule has 0 bridgehead atoms. The van der Waals surface area contributed by atoms with Gasteiger partial charge in [-0.2, -0.15) is 0 Å². The van der Waals surface area contributed by atoms with Gasteiger partial charge in [0, 0.05) is 6.04 Å². The molecule has 0 saturated heterocycles. The molecule has 2 nitrogen and oxygen atoms in total. The molecule has 3 heteroatoms.